The summed E-state index contributed by atoms with van der Waals surface area (Å²) in [4.78, 5) is 12.7. The van der Waals surface area contributed by atoms with Gasteiger partial charge in [-0.3, -0.25) is 4.79 Å². The molecule has 5 heteroatoms. The van der Waals surface area contributed by atoms with Gasteiger partial charge in [-0.2, -0.15) is 11.8 Å². The van der Waals surface area contributed by atoms with E-state index in [-0.39, 0.29) is 12.5 Å². The fraction of sp³-hybridized carbons (Fsp3) is 0.583. The molecule has 1 aromatic rings. The molecule has 0 unspecified atom stereocenters. The maximum Gasteiger partial charge on any atom is 0.220 e. The van der Waals surface area contributed by atoms with Crippen molar-refractivity contribution in [3.63, 3.8) is 0 Å². The summed E-state index contributed by atoms with van der Waals surface area (Å²) in [6.07, 6.45) is 2.24. The summed E-state index contributed by atoms with van der Waals surface area (Å²) in [5, 5.41) is 13.5. The summed E-state index contributed by atoms with van der Waals surface area (Å²) in [6, 6.07) is 4.07. The molecule has 0 spiro atoms. The van der Waals surface area contributed by atoms with E-state index in [0.29, 0.717) is 6.42 Å². The molecule has 17 heavy (non-hydrogen) atoms. The fourth-order valence-corrected chi connectivity index (χ4v) is 2.80. The number of nitrogens with one attached hydrogen (secondary N) is 1. The Morgan fingerprint density at radius 3 is 3.06 bits per heavy atom. The van der Waals surface area contributed by atoms with Crippen LogP contribution < -0.4 is 5.32 Å². The second-order valence-corrected chi connectivity index (χ2v) is 5.88. The van der Waals surface area contributed by atoms with E-state index >= 15 is 0 Å². The van der Waals surface area contributed by atoms with Crippen molar-refractivity contribution in [2.24, 2.45) is 0 Å². The minimum absolute atomic E-state index is 0.126. The second-order valence-electron chi connectivity index (χ2n) is 3.62. The molecule has 0 fully saturated rings. The van der Waals surface area contributed by atoms with Gasteiger partial charge in [0.25, 0.3) is 0 Å². The molecule has 3 nitrogen and oxygen atoms in total. The van der Waals surface area contributed by atoms with E-state index < -0.39 is 0 Å². The van der Waals surface area contributed by atoms with Crippen LogP contribution in [0.1, 0.15) is 17.7 Å². The van der Waals surface area contributed by atoms with Crippen molar-refractivity contribution in [3.8, 4) is 0 Å². The molecule has 2 N–H and O–H groups in total. The Kier molecular flexibility index (Phi) is 8.13. The molecule has 0 bridgehead atoms. The van der Waals surface area contributed by atoms with Crippen LogP contribution in [0.15, 0.2) is 17.5 Å². The van der Waals surface area contributed by atoms with Crippen molar-refractivity contribution in [1.29, 1.82) is 0 Å². The van der Waals surface area contributed by atoms with Crippen molar-refractivity contribution in [2.45, 2.75) is 19.3 Å². The lowest BCUT2D eigenvalue weighted by Crippen LogP contribution is -2.25. The van der Waals surface area contributed by atoms with Gasteiger partial charge < -0.3 is 10.4 Å². The van der Waals surface area contributed by atoms with Crippen LogP contribution in [0.25, 0.3) is 0 Å². The number of carbonyl (C=O) groups excluding carboxylic acids is 1. The summed E-state index contributed by atoms with van der Waals surface area (Å²) in [5.74, 6) is 2.01. The second kappa shape index (κ2) is 9.50. The number of thiophene rings is 1. The first-order chi connectivity index (χ1) is 8.33. The fourth-order valence-electron chi connectivity index (χ4n) is 1.31. The van der Waals surface area contributed by atoms with Crippen molar-refractivity contribution >= 4 is 29.0 Å². The minimum Gasteiger partial charge on any atom is -0.396 e. The summed E-state index contributed by atoms with van der Waals surface area (Å²) < 4.78 is 0. The van der Waals surface area contributed by atoms with E-state index in [0.717, 1.165) is 30.9 Å². The average molecular weight is 273 g/mol. The quantitative estimate of drug-likeness (QED) is 0.676. The number of carbonyl (C=O) groups is 1. The maximum atomic E-state index is 11.5. The van der Waals surface area contributed by atoms with Crippen LogP contribution >= 0.6 is 23.1 Å². The molecule has 1 aromatic heterocycles. The topological polar surface area (TPSA) is 49.3 Å². The van der Waals surface area contributed by atoms with E-state index in [4.69, 9.17) is 5.11 Å². The number of aryl methyl sites for hydroxylation is 1. The average Bonchev–Trinajstić information content (AvgIpc) is 2.84. The van der Waals surface area contributed by atoms with Crippen LogP contribution in [0.2, 0.25) is 0 Å². The third-order valence-corrected chi connectivity index (χ3v) is 4.20. The van der Waals surface area contributed by atoms with Gasteiger partial charge in [0.15, 0.2) is 0 Å². The zero-order valence-electron chi connectivity index (χ0n) is 9.85. The summed E-state index contributed by atoms with van der Waals surface area (Å²) in [7, 11) is 0. The van der Waals surface area contributed by atoms with Crippen molar-refractivity contribution < 1.29 is 9.90 Å². The van der Waals surface area contributed by atoms with E-state index in [1.807, 2.05) is 11.4 Å². The van der Waals surface area contributed by atoms with E-state index in [1.54, 1.807) is 23.1 Å². The van der Waals surface area contributed by atoms with Gasteiger partial charge in [0.05, 0.1) is 0 Å². The summed E-state index contributed by atoms with van der Waals surface area (Å²) in [5.41, 5.74) is 0. The predicted molar refractivity (Wildman–Crippen MR) is 74.7 cm³/mol. The Morgan fingerprint density at radius 1 is 1.47 bits per heavy atom. The highest BCUT2D eigenvalue weighted by Crippen LogP contribution is 2.10. The van der Waals surface area contributed by atoms with Crippen LogP contribution in [0.3, 0.4) is 0 Å². The monoisotopic (exact) mass is 273 g/mol. The largest absolute Gasteiger partial charge is 0.396 e. The highest BCUT2D eigenvalue weighted by Gasteiger charge is 2.02. The molecular weight excluding hydrogens is 254 g/mol. The lowest BCUT2D eigenvalue weighted by Gasteiger charge is -2.04. The normalized spacial score (nSPS) is 10.4. The Bertz CT molecular complexity index is 301. The number of rotatable bonds is 9. The van der Waals surface area contributed by atoms with Gasteiger partial charge in [-0.1, -0.05) is 6.07 Å². The van der Waals surface area contributed by atoms with Crippen molar-refractivity contribution in [2.75, 3.05) is 24.7 Å². The first-order valence-corrected chi connectivity index (χ1v) is 7.84. The third kappa shape index (κ3) is 7.41. The van der Waals surface area contributed by atoms with E-state index in [2.05, 4.69) is 11.4 Å². The first kappa shape index (κ1) is 14.5. The molecule has 0 atom stereocenters. The molecule has 0 aliphatic carbocycles. The zero-order valence-corrected chi connectivity index (χ0v) is 11.5. The lowest BCUT2D eigenvalue weighted by molar-refractivity contribution is -0.120. The zero-order chi connectivity index (χ0) is 12.3. The van der Waals surface area contributed by atoms with Crippen LogP contribution in [0.4, 0.5) is 0 Å². The molecule has 0 radical (unpaired) electrons. The molecule has 1 rings (SSSR count). The van der Waals surface area contributed by atoms with Gasteiger partial charge in [-0.25, -0.2) is 0 Å². The van der Waals surface area contributed by atoms with Gasteiger partial charge >= 0.3 is 0 Å². The number of thioether (sulfide) groups is 1. The van der Waals surface area contributed by atoms with Crippen LogP contribution in [-0.4, -0.2) is 35.7 Å². The van der Waals surface area contributed by atoms with Gasteiger partial charge in [-0.05, 0) is 30.0 Å². The highest BCUT2D eigenvalue weighted by atomic mass is 32.2. The standard InChI is InChI=1S/C12H19NO2S2/c14-7-2-8-16-10-6-13-12(15)5-4-11-3-1-9-17-11/h1,3,9,14H,2,4-8,10H2,(H,13,15). The first-order valence-electron chi connectivity index (χ1n) is 5.80. The molecular formula is C12H19NO2S2. The highest BCUT2D eigenvalue weighted by molar-refractivity contribution is 7.99. The molecule has 0 saturated carbocycles. The molecule has 1 amide bonds. The minimum atomic E-state index is 0.126. The van der Waals surface area contributed by atoms with Crippen LogP contribution in [0, 0.1) is 0 Å². The van der Waals surface area contributed by atoms with Gasteiger partial charge in [-0.15, -0.1) is 11.3 Å². The maximum absolute atomic E-state index is 11.5. The Hall–Kier alpha value is -0.520. The Balaban J connectivity index is 1.94. The van der Waals surface area contributed by atoms with Crippen molar-refractivity contribution in [3.05, 3.63) is 22.4 Å². The van der Waals surface area contributed by atoms with Gasteiger partial charge in [0, 0.05) is 30.2 Å². The van der Waals surface area contributed by atoms with E-state index in [9.17, 15) is 4.79 Å². The molecule has 96 valence electrons. The SMILES string of the molecule is O=C(CCc1cccs1)NCCSCCCO. The van der Waals surface area contributed by atoms with Gasteiger partial charge in [0.1, 0.15) is 0 Å². The number of aliphatic hydroxyl groups excluding tert-OH is 1. The van der Waals surface area contributed by atoms with Crippen molar-refractivity contribution in [1.82, 2.24) is 5.32 Å². The number of hydrogen-bond acceptors (Lipinski definition) is 4. The summed E-state index contributed by atoms with van der Waals surface area (Å²) >= 11 is 3.46. The number of aliphatic hydroxyl groups is 1. The summed E-state index contributed by atoms with van der Waals surface area (Å²) in [6.45, 7) is 0.972. The van der Waals surface area contributed by atoms with Gasteiger partial charge in [0.2, 0.25) is 5.91 Å². The van der Waals surface area contributed by atoms with E-state index in [1.165, 1.54) is 4.88 Å². The van der Waals surface area contributed by atoms with Crippen LogP contribution in [-0.2, 0) is 11.2 Å². The molecule has 0 aliphatic heterocycles. The van der Waals surface area contributed by atoms with Crippen LogP contribution in [0.5, 0.6) is 0 Å². The molecule has 0 aromatic carbocycles. The number of hydrogen-bond donors (Lipinski definition) is 2. The predicted octanol–water partition coefficient (Wildman–Crippen LogP) is 1.91. The Morgan fingerprint density at radius 2 is 2.35 bits per heavy atom. The molecule has 1 heterocycles. The smallest absolute Gasteiger partial charge is 0.220 e. The lowest BCUT2D eigenvalue weighted by atomic mass is 10.2. The molecule has 0 aliphatic rings. The Labute approximate surface area is 111 Å². The third-order valence-electron chi connectivity index (χ3n) is 2.19. The molecule has 0 saturated heterocycles. The number of amides is 1.